The van der Waals surface area contributed by atoms with Crippen LogP contribution in [-0.2, 0) is 36.5 Å². The van der Waals surface area contributed by atoms with Gasteiger partial charge in [-0.1, -0.05) is 0 Å². The van der Waals surface area contributed by atoms with Gasteiger partial charge in [0, 0.05) is 78.3 Å². The van der Waals surface area contributed by atoms with Crippen molar-refractivity contribution >= 4 is 0 Å². The second kappa shape index (κ2) is 17.9. The normalized spacial score (nSPS) is 0. The van der Waals surface area contributed by atoms with Crippen molar-refractivity contribution in [1.29, 1.82) is 0 Å². The van der Waals surface area contributed by atoms with Gasteiger partial charge in [-0.15, -0.1) is 0 Å². The quantitative estimate of drug-likeness (QED) is 0.521. The maximum atomic E-state index is 0. The molecule has 1 radical (unpaired) electrons. The molecule has 2 N–H and O–H groups in total. The van der Waals surface area contributed by atoms with E-state index in [1.807, 2.05) is 0 Å². The summed E-state index contributed by atoms with van der Waals surface area (Å²) >= 11 is 0. The summed E-state index contributed by atoms with van der Waals surface area (Å²) in [6.45, 7) is 0. The monoisotopic (exact) mass is 285 g/mol. The van der Waals surface area contributed by atoms with Gasteiger partial charge < -0.3 is 5.48 Å². The molecule has 0 saturated heterocycles. The summed E-state index contributed by atoms with van der Waals surface area (Å²) < 4.78 is 0. The average Bonchev–Trinajstić information content (AvgIpc) is 0. The molecule has 0 aliphatic heterocycles. The van der Waals surface area contributed by atoms with Gasteiger partial charge in [-0.05, 0) is 0 Å². The largest absolute Gasteiger partial charge is 0.412 e. The molecule has 0 aromatic carbocycles. The summed E-state index contributed by atoms with van der Waals surface area (Å²) in [5.41, 5.74) is 0. The first-order valence-corrected chi connectivity index (χ1v) is 0. The van der Waals surface area contributed by atoms with Crippen molar-refractivity contribution in [2.75, 3.05) is 0 Å². The molecule has 0 amide bonds. The van der Waals surface area contributed by atoms with E-state index in [2.05, 4.69) is 0 Å². The number of rotatable bonds is 0. The van der Waals surface area contributed by atoms with Gasteiger partial charge in [-0.25, -0.2) is 0 Å². The molecule has 0 spiro atoms. The van der Waals surface area contributed by atoms with E-state index in [1.54, 1.807) is 0 Å². The Hall–Kier alpha value is 2.48. The molecule has 25 valence electrons. The molecular formula is H2CeCuOZn. The summed E-state index contributed by atoms with van der Waals surface area (Å²) in [6.07, 6.45) is 0. The Morgan fingerprint density at radius 3 is 1.00 bits per heavy atom. The van der Waals surface area contributed by atoms with Crippen LogP contribution in [0.2, 0.25) is 0 Å². The van der Waals surface area contributed by atoms with Crippen molar-refractivity contribution in [3.8, 4) is 0 Å². The van der Waals surface area contributed by atoms with Crippen molar-refractivity contribution in [2.24, 2.45) is 0 Å². The van der Waals surface area contributed by atoms with Gasteiger partial charge in [0.2, 0.25) is 0 Å². The fourth-order valence-electron chi connectivity index (χ4n) is 0. The van der Waals surface area contributed by atoms with Crippen LogP contribution in [0.15, 0.2) is 0 Å². The van der Waals surface area contributed by atoms with Crippen LogP contribution in [0.5, 0.6) is 0 Å². The van der Waals surface area contributed by atoms with Crippen LogP contribution < -0.4 is 0 Å². The zero-order valence-electron chi connectivity index (χ0n) is 2.01. The van der Waals surface area contributed by atoms with Crippen LogP contribution in [0.1, 0.15) is 0 Å². The zero-order valence-corrected chi connectivity index (χ0v) is 9.06. The predicted octanol–water partition coefficient (Wildman–Crippen LogP) is -0.830. The van der Waals surface area contributed by atoms with Gasteiger partial charge >= 0.3 is 0 Å². The Balaban J connectivity index is 0. The second-order valence-corrected chi connectivity index (χ2v) is 0. The third-order valence-corrected chi connectivity index (χ3v) is 0. The molecule has 4 heavy (non-hydrogen) atoms. The summed E-state index contributed by atoms with van der Waals surface area (Å²) in [6, 6.07) is 0. The molecule has 0 heterocycles. The van der Waals surface area contributed by atoms with Crippen molar-refractivity contribution < 1.29 is 83.8 Å². The maximum Gasteiger partial charge on any atom is 0 e. The van der Waals surface area contributed by atoms with E-state index in [0.717, 1.165) is 0 Å². The van der Waals surface area contributed by atoms with Crippen LogP contribution in [0.3, 0.4) is 0 Å². The molecule has 0 aliphatic rings. The fourth-order valence-corrected chi connectivity index (χ4v) is 0. The summed E-state index contributed by atoms with van der Waals surface area (Å²) in [5, 5.41) is 0. The first-order chi connectivity index (χ1) is 0. The van der Waals surface area contributed by atoms with Gasteiger partial charge in [0.15, 0.2) is 0 Å². The van der Waals surface area contributed by atoms with Gasteiger partial charge in [0.05, 0.1) is 0 Å². The van der Waals surface area contributed by atoms with E-state index in [1.165, 1.54) is 0 Å². The summed E-state index contributed by atoms with van der Waals surface area (Å²) in [4.78, 5) is 0. The third-order valence-electron chi connectivity index (χ3n) is 0. The Morgan fingerprint density at radius 2 is 1.00 bits per heavy atom. The SMILES string of the molecule is O.[Ce].[Cu].[Zn]. The van der Waals surface area contributed by atoms with Crippen molar-refractivity contribution in [2.45, 2.75) is 0 Å². The van der Waals surface area contributed by atoms with Gasteiger partial charge in [0.25, 0.3) is 0 Å². The smallest absolute Gasteiger partial charge is 0 e. The van der Waals surface area contributed by atoms with Crippen LogP contribution in [0.4, 0.5) is 0 Å². The molecule has 0 atom stereocenters. The van der Waals surface area contributed by atoms with Crippen LogP contribution in [0.25, 0.3) is 0 Å². The molecule has 0 saturated carbocycles. The van der Waals surface area contributed by atoms with E-state index in [9.17, 15) is 0 Å². The fraction of sp³-hybridized carbons (Fsp3) is 0. The Labute approximate surface area is 82.2 Å². The molecular weight excluding hydrogens is 285 g/mol. The van der Waals surface area contributed by atoms with Gasteiger partial charge in [-0.2, -0.15) is 0 Å². The first-order valence-electron chi connectivity index (χ1n) is 0. The summed E-state index contributed by atoms with van der Waals surface area (Å²) in [5.74, 6) is 0. The van der Waals surface area contributed by atoms with E-state index in [0.29, 0.717) is 0 Å². The second-order valence-electron chi connectivity index (χ2n) is 0. The predicted molar refractivity (Wildman–Crippen MR) is 3.61 cm³/mol. The van der Waals surface area contributed by atoms with E-state index in [-0.39, 0.29) is 83.8 Å². The molecule has 0 aliphatic carbocycles. The molecule has 0 fully saturated rings. The molecule has 1 nitrogen and oxygen atoms in total. The molecule has 4 heteroatoms. The zero-order chi connectivity index (χ0) is 0. The minimum absolute atomic E-state index is 0. The third kappa shape index (κ3) is 8.82. The Morgan fingerprint density at radius 1 is 1.00 bits per heavy atom. The van der Waals surface area contributed by atoms with E-state index in [4.69, 9.17) is 0 Å². The van der Waals surface area contributed by atoms with Crippen molar-refractivity contribution in [3.63, 3.8) is 0 Å². The van der Waals surface area contributed by atoms with Crippen molar-refractivity contribution in [1.82, 2.24) is 0 Å². The average molecular weight is 287 g/mol. The van der Waals surface area contributed by atoms with Gasteiger partial charge in [0.1, 0.15) is 0 Å². The molecule has 0 aromatic rings. The minimum Gasteiger partial charge on any atom is -0.412 e. The van der Waals surface area contributed by atoms with E-state index < -0.39 is 0 Å². The van der Waals surface area contributed by atoms with Crippen molar-refractivity contribution in [3.05, 3.63) is 0 Å². The molecule has 0 rings (SSSR count). The topological polar surface area (TPSA) is 31.5 Å². The minimum atomic E-state index is 0. The number of hydrogen-bond donors (Lipinski definition) is 0. The van der Waals surface area contributed by atoms with Crippen LogP contribution >= 0.6 is 0 Å². The van der Waals surface area contributed by atoms with E-state index >= 15 is 0 Å². The van der Waals surface area contributed by atoms with Crippen LogP contribution in [-0.4, -0.2) is 5.48 Å². The standard InChI is InChI=1S/Ce.Cu.H2O.Zn/h;;1H2;. The molecule has 0 aromatic heterocycles. The van der Waals surface area contributed by atoms with Crippen LogP contribution in [0, 0.1) is 41.7 Å². The first kappa shape index (κ1) is 31.6. The molecule has 0 bridgehead atoms. The van der Waals surface area contributed by atoms with Gasteiger partial charge in [-0.3, -0.25) is 0 Å². The maximum absolute atomic E-state index is 0. The Kier molecular flexibility index (Phi) is 141. The Bertz CT molecular complexity index is 8.00. The number of hydrogen-bond acceptors (Lipinski definition) is 0. The summed E-state index contributed by atoms with van der Waals surface area (Å²) in [7, 11) is 0. The molecule has 0 unspecified atom stereocenters.